The van der Waals surface area contributed by atoms with Gasteiger partial charge in [0.1, 0.15) is 0 Å². The van der Waals surface area contributed by atoms with Crippen molar-refractivity contribution >= 4 is 6.03 Å². The molecule has 1 amide bonds. The van der Waals surface area contributed by atoms with Gasteiger partial charge in [0, 0.05) is 0 Å². The lowest BCUT2D eigenvalue weighted by molar-refractivity contribution is 0.237. The molecule has 7 heteroatoms. The molecule has 2 aromatic rings. The van der Waals surface area contributed by atoms with Crippen molar-refractivity contribution in [3.05, 3.63) is 68.7 Å². The Bertz CT molecular complexity index is 737. The predicted octanol–water partition coefficient (Wildman–Crippen LogP) is 0.995. The van der Waals surface area contributed by atoms with Gasteiger partial charge in [-0.15, -0.1) is 0 Å². The molecule has 0 fully saturated rings. The first kappa shape index (κ1) is 13.7. The molecule has 6 nitrogen and oxygen atoms in total. The number of carbonyl (C=O) groups is 1. The van der Waals surface area contributed by atoms with Gasteiger partial charge in [-0.25, -0.2) is 14.2 Å². The maximum Gasteiger partial charge on any atom is 0.336 e. The molecule has 0 aliphatic heterocycles. The first-order chi connectivity index (χ1) is 9.49. The highest BCUT2D eigenvalue weighted by molar-refractivity contribution is 5.76. The van der Waals surface area contributed by atoms with Crippen LogP contribution in [-0.2, 0) is 0 Å². The minimum Gasteiger partial charge on any atom is -0.331 e. The predicted molar refractivity (Wildman–Crippen MR) is 70.1 cm³/mol. The molecule has 0 aliphatic carbocycles. The van der Waals surface area contributed by atoms with Gasteiger partial charge in [-0.1, -0.05) is 30.3 Å². The van der Waals surface area contributed by atoms with Crippen LogP contribution in [-0.4, -0.2) is 15.6 Å². The summed E-state index contributed by atoms with van der Waals surface area (Å²) in [6.45, 7) is 1.72. The van der Waals surface area contributed by atoms with Gasteiger partial charge in [0.2, 0.25) is 5.82 Å². The fraction of sp³-hybridized carbons (Fsp3) is 0.154. The standard InChI is InChI=1S/C13H12FN3O3/c1-8(9-5-3-2-4-6-9)15-12(19)17-7-10(14)11(18)16-13(17)20/h2-8H,1H3,(H,15,19)(H,16,18,20)/t8-/m1/s1. The second-order valence-corrected chi connectivity index (χ2v) is 4.19. The van der Waals surface area contributed by atoms with Crippen molar-refractivity contribution in [3.8, 4) is 0 Å². The molecule has 1 aromatic heterocycles. The van der Waals surface area contributed by atoms with Crippen molar-refractivity contribution in [1.29, 1.82) is 0 Å². The number of rotatable bonds is 2. The fourth-order valence-electron chi connectivity index (χ4n) is 1.68. The van der Waals surface area contributed by atoms with Crippen LogP contribution in [0, 0.1) is 5.82 Å². The highest BCUT2D eigenvalue weighted by Crippen LogP contribution is 2.10. The molecule has 0 saturated carbocycles. The number of carbonyl (C=O) groups excluding carboxylic acids is 1. The normalized spacial score (nSPS) is 11.9. The van der Waals surface area contributed by atoms with E-state index in [1.54, 1.807) is 24.0 Å². The van der Waals surface area contributed by atoms with E-state index in [0.29, 0.717) is 10.8 Å². The van der Waals surface area contributed by atoms with E-state index in [0.717, 1.165) is 5.56 Å². The van der Waals surface area contributed by atoms with Crippen LogP contribution in [0.4, 0.5) is 9.18 Å². The molecule has 1 aromatic carbocycles. The number of aromatic amines is 1. The number of hydrogen-bond donors (Lipinski definition) is 2. The second-order valence-electron chi connectivity index (χ2n) is 4.19. The zero-order chi connectivity index (χ0) is 14.7. The summed E-state index contributed by atoms with van der Waals surface area (Å²) in [7, 11) is 0. The first-order valence-electron chi connectivity index (χ1n) is 5.86. The average Bonchev–Trinajstić information content (AvgIpc) is 2.43. The quantitative estimate of drug-likeness (QED) is 0.858. The molecular weight excluding hydrogens is 265 g/mol. The number of aromatic nitrogens is 2. The second kappa shape index (κ2) is 5.52. The lowest BCUT2D eigenvalue weighted by atomic mass is 10.1. The van der Waals surface area contributed by atoms with Crippen molar-refractivity contribution in [2.24, 2.45) is 0 Å². The van der Waals surface area contributed by atoms with Crippen molar-refractivity contribution in [3.63, 3.8) is 0 Å². The van der Waals surface area contributed by atoms with Gasteiger partial charge in [-0.3, -0.25) is 9.78 Å². The zero-order valence-electron chi connectivity index (χ0n) is 10.6. The summed E-state index contributed by atoms with van der Waals surface area (Å²) < 4.78 is 13.6. The number of benzene rings is 1. The van der Waals surface area contributed by atoms with Crippen LogP contribution in [0.25, 0.3) is 0 Å². The van der Waals surface area contributed by atoms with Gasteiger partial charge in [0.25, 0.3) is 5.56 Å². The molecule has 1 atom stereocenters. The maximum absolute atomic E-state index is 13.1. The highest BCUT2D eigenvalue weighted by Gasteiger charge is 2.14. The third-order valence-corrected chi connectivity index (χ3v) is 2.76. The Kier molecular flexibility index (Phi) is 3.79. The molecule has 0 radical (unpaired) electrons. The monoisotopic (exact) mass is 277 g/mol. The number of hydrogen-bond acceptors (Lipinski definition) is 3. The van der Waals surface area contributed by atoms with E-state index in [9.17, 15) is 18.8 Å². The number of nitrogens with zero attached hydrogens (tertiary/aromatic N) is 1. The minimum atomic E-state index is -1.20. The molecule has 20 heavy (non-hydrogen) atoms. The van der Waals surface area contributed by atoms with Crippen LogP contribution in [0.15, 0.2) is 46.1 Å². The molecule has 0 aliphatic rings. The summed E-state index contributed by atoms with van der Waals surface area (Å²) >= 11 is 0. The zero-order valence-corrected chi connectivity index (χ0v) is 10.6. The third-order valence-electron chi connectivity index (χ3n) is 2.76. The van der Waals surface area contributed by atoms with E-state index in [-0.39, 0.29) is 6.04 Å². The molecule has 1 heterocycles. The first-order valence-corrected chi connectivity index (χ1v) is 5.86. The Morgan fingerprint density at radius 3 is 2.60 bits per heavy atom. The van der Waals surface area contributed by atoms with Crippen LogP contribution >= 0.6 is 0 Å². The summed E-state index contributed by atoms with van der Waals surface area (Å²) in [6, 6.07) is 7.88. The van der Waals surface area contributed by atoms with Crippen LogP contribution in [0.5, 0.6) is 0 Å². The lowest BCUT2D eigenvalue weighted by Crippen LogP contribution is -2.41. The van der Waals surface area contributed by atoms with Crippen LogP contribution in [0.2, 0.25) is 0 Å². The number of halogens is 1. The molecule has 0 unspecified atom stereocenters. The van der Waals surface area contributed by atoms with E-state index in [4.69, 9.17) is 0 Å². The van der Waals surface area contributed by atoms with Crippen molar-refractivity contribution in [1.82, 2.24) is 14.9 Å². The largest absolute Gasteiger partial charge is 0.336 e. The molecule has 0 spiro atoms. The molecule has 0 bridgehead atoms. The summed E-state index contributed by atoms with van der Waals surface area (Å²) in [5.74, 6) is -1.20. The van der Waals surface area contributed by atoms with Crippen LogP contribution < -0.4 is 16.6 Å². The minimum absolute atomic E-state index is 0.370. The van der Waals surface area contributed by atoms with E-state index in [1.807, 2.05) is 18.2 Å². The van der Waals surface area contributed by atoms with E-state index in [2.05, 4.69) is 5.32 Å². The summed E-state index contributed by atoms with van der Waals surface area (Å²) in [4.78, 5) is 35.9. The summed E-state index contributed by atoms with van der Waals surface area (Å²) in [5, 5.41) is 2.54. The molecule has 2 N–H and O–H groups in total. The van der Waals surface area contributed by atoms with Gasteiger partial charge in [-0.05, 0) is 12.5 Å². The Hall–Kier alpha value is -2.70. The lowest BCUT2D eigenvalue weighted by Gasteiger charge is -2.14. The maximum atomic E-state index is 13.1. The Labute approximate surface area is 112 Å². The van der Waals surface area contributed by atoms with Gasteiger partial charge < -0.3 is 5.32 Å². The van der Waals surface area contributed by atoms with Crippen molar-refractivity contribution in [2.75, 3.05) is 0 Å². The van der Waals surface area contributed by atoms with Crippen molar-refractivity contribution in [2.45, 2.75) is 13.0 Å². The SMILES string of the molecule is C[C@@H](NC(=O)n1cc(F)c(=O)[nH]c1=O)c1ccccc1. The van der Waals surface area contributed by atoms with Gasteiger partial charge >= 0.3 is 11.7 Å². The fourth-order valence-corrected chi connectivity index (χ4v) is 1.68. The smallest absolute Gasteiger partial charge is 0.331 e. The van der Waals surface area contributed by atoms with E-state index < -0.39 is 23.1 Å². The molecule has 0 saturated heterocycles. The van der Waals surface area contributed by atoms with Crippen LogP contribution in [0.3, 0.4) is 0 Å². The molecule has 2 rings (SSSR count). The Morgan fingerprint density at radius 1 is 1.30 bits per heavy atom. The number of H-pyrrole nitrogens is 1. The summed E-state index contributed by atoms with van der Waals surface area (Å²) in [5.41, 5.74) is -1.32. The molecular formula is C13H12FN3O3. The molecule has 104 valence electrons. The highest BCUT2D eigenvalue weighted by atomic mass is 19.1. The van der Waals surface area contributed by atoms with Gasteiger partial charge in [0.15, 0.2) is 0 Å². The average molecular weight is 277 g/mol. The van der Waals surface area contributed by atoms with Crippen LogP contribution in [0.1, 0.15) is 18.5 Å². The number of nitrogens with one attached hydrogen (secondary N) is 2. The number of amides is 1. The van der Waals surface area contributed by atoms with E-state index in [1.165, 1.54) is 0 Å². The van der Waals surface area contributed by atoms with E-state index >= 15 is 0 Å². The van der Waals surface area contributed by atoms with Gasteiger partial charge in [-0.2, -0.15) is 4.39 Å². The topological polar surface area (TPSA) is 84.0 Å². The third kappa shape index (κ3) is 2.82. The van der Waals surface area contributed by atoms with Crippen molar-refractivity contribution < 1.29 is 9.18 Å². The Balaban J connectivity index is 2.23. The van der Waals surface area contributed by atoms with Gasteiger partial charge in [0.05, 0.1) is 12.2 Å². The Morgan fingerprint density at radius 2 is 1.95 bits per heavy atom. The summed E-state index contributed by atoms with van der Waals surface area (Å²) in [6.07, 6.45) is 0.564.